The van der Waals surface area contributed by atoms with Gasteiger partial charge in [-0.25, -0.2) is 0 Å². The molecule has 0 fully saturated rings. The SMILES string of the molecule is CCC(C)(C)CC(C)CNC(=O)c1cccc(OC)c1. The lowest BCUT2D eigenvalue weighted by molar-refractivity contribution is 0.0943. The van der Waals surface area contributed by atoms with E-state index in [1.54, 1.807) is 19.2 Å². The van der Waals surface area contributed by atoms with E-state index in [4.69, 9.17) is 4.74 Å². The predicted molar refractivity (Wildman–Crippen MR) is 83.2 cm³/mol. The second-order valence-corrected chi connectivity index (χ2v) is 6.27. The van der Waals surface area contributed by atoms with Crippen molar-refractivity contribution >= 4 is 5.91 Å². The van der Waals surface area contributed by atoms with E-state index in [2.05, 4.69) is 33.0 Å². The maximum Gasteiger partial charge on any atom is 0.251 e. The van der Waals surface area contributed by atoms with Crippen LogP contribution in [-0.2, 0) is 0 Å². The van der Waals surface area contributed by atoms with Gasteiger partial charge in [-0.2, -0.15) is 0 Å². The van der Waals surface area contributed by atoms with E-state index >= 15 is 0 Å². The molecule has 1 N–H and O–H groups in total. The number of methoxy groups -OCH3 is 1. The summed E-state index contributed by atoms with van der Waals surface area (Å²) in [5.74, 6) is 1.14. The van der Waals surface area contributed by atoms with Gasteiger partial charge in [-0.15, -0.1) is 0 Å². The number of hydrogen-bond donors (Lipinski definition) is 1. The molecule has 1 atom stereocenters. The van der Waals surface area contributed by atoms with Crippen LogP contribution >= 0.6 is 0 Å². The molecule has 1 amide bonds. The first-order valence-electron chi connectivity index (χ1n) is 7.30. The molecule has 0 aliphatic rings. The van der Waals surface area contributed by atoms with Crippen molar-refractivity contribution in [2.75, 3.05) is 13.7 Å². The molecule has 0 bridgehead atoms. The fourth-order valence-corrected chi connectivity index (χ4v) is 2.29. The largest absolute Gasteiger partial charge is 0.497 e. The molecule has 0 saturated carbocycles. The van der Waals surface area contributed by atoms with Crippen molar-refractivity contribution in [2.24, 2.45) is 11.3 Å². The monoisotopic (exact) mass is 277 g/mol. The van der Waals surface area contributed by atoms with Gasteiger partial charge in [0.15, 0.2) is 0 Å². The smallest absolute Gasteiger partial charge is 0.251 e. The number of amides is 1. The van der Waals surface area contributed by atoms with E-state index in [1.165, 1.54) is 0 Å². The van der Waals surface area contributed by atoms with Gasteiger partial charge >= 0.3 is 0 Å². The molecule has 1 rings (SSSR count). The van der Waals surface area contributed by atoms with Crippen LogP contribution in [0.1, 0.15) is 50.9 Å². The summed E-state index contributed by atoms with van der Waals surface area (Å²) in [6, 6.07) is 7.23. The van der Waals surface area contributed by atoms with Crippen LogP contribution in [0.3, 0.4) is 0 Å². The van der Waals surface area contributed by atoms with E-state index in [1.807, 2.05) is 12.1 Å². The van der Waals surface area contributed by atoms with E-state index in [9.17, 15) is 4.79 Å². The molecule has 1 aromatic rings. The average molecular weight is 277 g/mol. The van der Waals surface area contributed by atoms with Gasteiger partial charge in [-0.3, -0.25) is 4.79 Å². The number of hydrogen-bond acceptors (Lipinski definition) is 2. The molecule has 0 aliphatic carbocycles. The Morgan fingerprint density at radius 1 is 1.40 bits per heavy atom. The third-order valence-electron chi connectivity index (χ3n) is 3.80. The third kappa shape index (κ3) is 5.24. The number of nitrogens with one attached hydrogen (secondary N) is 1. The van der Waals surface area contributed by atoms with E-state index in [0.717, 1.165) is 12.8 Å². The molecule has 0 saturated heterocycles. The molecule has 0 aliphatic heterocycles. The van der Waals surface area contributed by atoms with Gasteiger partial charge in [0, 0.05) is 12.1 Å². The van der Waals surface area contributed by atoms with Crippen LogP contribution in [0.25, 0.3) is 0 Å². The van der Waals surface area contributed by atoms with Gasteiger partial charge in [-0.05, 0) is 36.0 Å². The van der Waals surface area contributed by atoms with Gasteiger partial charge in [0.1, 0.15) is 5.75 Å². The summed E-state index contributed by atoms with van der Waals surface area (Å²) >= 11 is 0. The maximum absolute atomic E-state index is 12.1. The van der Waals surface area contributed by atoms with Gasteiger partial charge in [-0.1, -0.05) is 40.2 Å². The van der Waals surface area contributed by atoms with Crippen LogP contribution in [0, 0.1) is 11.3 Å². The van der Waals surface area contributed by atoms with Gasteiger partial charge in [0.2, 0.25) is 0 Å². The second kappa shape index (κ2) is 7.32. The molecule has 3 heteroatoms. The molecule has 1 aromatic carbocycles. The van der Waals surface area contributed by atoms with Crippen LogP contribution in [0.4, 0.5) is 0 Å². The zero-order chi connectivity index (χ0) is 15.2. The van der Waals surface area contributed by atoms with Crippen molar-refractivity contribution in [3.05, 3.63) is 29.8 Å². The summed E-state index contributed by atoms with van der Waals surface area (Å²) < 4.78 is 5.13. The first kappa shape index (κ1) is 16.5. The first-order valence-corrected chi connectivity index (χ1v) is 7.30. The lowest BCUT2D eigenvalue weighted by Gasteiger charge is -2.26. The molecule has 1 unspecified atom stereocenters. The molecule has 0 spiro atoms. The van der Waals surface area contributed by atoms with Crippen molar-refractivity contribution in [1.29, 1.82) is 0 Å². The first-order chi connectivity index (χ1) is 9.38. The van der Waals surface area contributed by atoms with E-state index < -0.39 is 0 Å². The number of rotatable bonds is 7. The molecule has 3 nitrogen and oxygen atoms in total. The number of benzene rings is 1. The van der Waals surface area contributed by atoms with Crippen LogP contribution in [0.2, 0.25) is 0 Å². The normalized spacial score (nSPS) is 12.8. The van der Waals surface area contributed by atoms with Crippen LogP contribution in [0.15, 0.2) is 24.3 Å². The standard InChI is InChI=1S/C17H27NO2/c1-6-17(3,4)11-13(2)12-18-16(19)14-8-7-9-15(10-14)20-5/h7-10,13H,6,11-12H2,1-5H3,(H,18,19). The fraction of sp³-hybridized carbons (Fsp3) is 0.588. The van der Waals surface area contributed by atoms with Crippen molar-refractivity contribution in [3.63, 3.8) is 0 Å². The minimum absolute atomic E-state index is 0.0370. The topological polar surface area (TPSA) is 38.3 Å². The minimum atomic E-state index is -0.0370. The summed E-state index contributed by atoms with van der Waals surface area (Å²) in [5, 5.41) is 3.00. The van der Waals surface area contributed by atoms with Crippen LogP contribution in [0.5, 0.6) is 5.75 Å². The van der Waals surface area contributed by atoms with Crippen LogP contribution < -0.4 is 10.1 Å². The molecule has 20 heavy (non-hydrogen) atoms. The zero-order valence-electron chi connectivity index (χ0n) is 13.3. The Hall–Kier alpha value is -1.51. The van der Waals surface area contributed by atoms with Crippen LogP contribution in [-0.4, -0.2) is 19.6 Å². The Balaban J connectivity index is 2.50. The van der Waals surface area contributed by atoms with Gasteiger partial charge in [0.25, 0.3) is 5.91 Å². The Morgan fingerprint density at radius 2 is 2.10 bits per heavy atom. The maximum atomic E-state index is 12.1. The summed E-state index contributed by atoms with van der Waals surface area (Å²) in [6.45, 7) is 9.64. The highest BCUT2D eigenvalue weighted by molar-refractivity contribution is 5.94. The summed E-state index contributed by atoms with van der Waals surface area (Å²) in [6.07, 6.45) is 2.27. The third-order valence-corrected chi connectivity index (χ3v) is 3.80. The second-order valence-electron chi connectivity index (χ2n) is 6.27. The Labute approximate surface area is 122 Å². The van der Waals surface area contributed by atoms with E-state index in [0.29, 0.717) is 29.2 Å². The quantitative estimate of drug-likeness (QED) is 0.821. The van der Waals surface area contributed by atoms with Gasteiger partial charge in [0.05, 0.1) is 7.11 Å². The Kier molecular flexibility index (Phi) is 6.05. The highest BCUT2D eigenvalue weighted by Gasteiger charge is 2.19. The predicted octanol–water partition coefficient (Wildman–Crippen LogP) is 3.89. The Morgan fingerprint density at radius 3 is 2.70 bits per heavy atom. The van der Waals surface area contributed by atoms with Gasteiger partial charge < -0.3 is 10.1 Å². The lowest BCUT2D eigenvalue weighted by Crippen LogP contribution is -2.30. The number of carbonyl (C=O) groups is 1. The van der Waals surface area contributed by atoms with Crippen molar-refractivity contribution in [1.82, 2.24) is 5.32 Å². The summed E-state index contributed by atoms with van der Waals surface area (Å²) in [4.78, 5) is 12.1. The Bertz CT molecular complexity index is 440. The molecule has 0 aromatic heterocycles. The molecule has 0 radical (unpaired) electrons. The van der Waals surface area contributed by atoms with Crippen molar-refractivity contribution in [3.8, 4) is 5.75 Å². The van der Waals surface area contributed by atoms with Crippen molar-refractivity contribution in [2.45, 2.75) is 40.5 Å². The lowest BCUT2D eigenvalue weighted by atomic mass is 9.81. The molecule has 0 heterocycles. The minimum Gasteiger partial charge on any atom is -0.497 e. The summed E-state index contributed by atoms with van der Waals surface area (Å²) in [5.41, 5.74) is 0.978. The number of carbonyl (C=O) groups excluding carboxylic acids is 1. The number of ether oxygens (including phenoxy) is 1. The molecular weight excluding hydrogens is 250 g/mol. The summed E-state index contributed by atoms with van der Waals surface area (Å²) in [7, 11) is 1.60. The zero-order valence-corrected chi connectivity index (χ0v) is 13.3. The fourth-order valence-electron chi connectivity index (χ4n) is 2.29. The highest BCUT2D eigenvalue weighted by atomic mass is 16.5. The van der Waals surface area contributed by atoms with Crippen molar-refractivity contribution < 1.29 is 9.53 Å². The van der Waals surface area contributed by atoms with E-state index in [-0.39, 0.29) is 5.91 Å². The average Bonchev–Trinajstić information content (AvgIpc) is 2.44. The highest BCUT2D eigenvalue weighted by Crippen LogP contribution is 2.28. The molecular formula is C17H27NO2. The molecule has 112 valence electrons.